The van der Waals surface area contributed by atoms with Gasteiger partial charge in [-0.25, -0.2) is 4.98 Å². The Morgan fingerprint density at radius 1 is 0.683 bits per heavy atom. The molecule has 0 spiro atoms. The van der Waals surface area contributed by atoms with E-state index in [9.17, 15) is 9.59 Å². The van der Waals surface area contributed by atoms with Crippen LogP contribution < -0.4 is 5.32 Å². The van der Waals surface area contributed by atoms with Crippen LogP contribution in [-0.2, 0) is 32.3 Å². The average Bonchev–Trinajstić information content (AvgIpc) is 3.63. The number of thiophene rings is 1. The Morgan fingerprint density at radius 2 is 1.24 bits per heavy atom. The predicted molar refractivity (Wildman–Crippen MR) is 164 cm³/mol. The summed E-state index contributed by atoms with van der Waals surface area (Å²) in [6.07, 6.45) is 0. The fourth-order valence-corrected chi connectivity index (χ4v) is 6.60. The topological polar surface area (TPSA) is 77.5 Å². The first-order chi connectivity index (χ1) is 20.1. The number of nitrogens with zero attached hydrogens (tertiary/aromatic N) is 1. The Bertz CT molecular complexity index is 1660. The molecule has 1 atom stereocenters. The summed E-state index contributed by atoms with van der Waals surface area (Å²) in [6.45, 7) is 0.0881. The van der Waals surface area contributed by atoms with Crippen LogP contribution >= 0.6 is 22.7 Å². The fourth-order valence-electron chi connectivity index (χ4n) is 4.55. The van der Waals surface area contributed by atoms with E-state index in [1.165, 1.54) is 22.7 Å². The number of ether oxygens (including phenoxy) is 2. The van der Waals surface area contributed by atoms with E-state index in [1.807, 2.05) is 115 Å². The van der Waals surface area contributed by atoms with E-state index in [0.717, 1.165) is 36.3 Å². The molecule has 2 aromatic heterocycles. The Kier molecular flexibility index (Phi) is 8.02. The van der Waals surface area contributed by atoms with E-state index in [-0.39, 0.29) is 13.2 Å². The number of carbonyl (C=O) groups excluding carboxylic acids is 2. The lowest BCUT2D eigenvalue weighted by Gasteiger charge is -2.24. The number of nitrogens with one attached hydrogen (secondary N) is 1. The largest absolute Gasteiger partial charge is 0.460 e. The summed E-state index contributed by atoms with van der Waals surface area (Å²) in [6, 6.07) is 35.8. The lowest BCUT2D eigenvalue weighted by molar-refractivity contribution is -0.164. The van der Waals surface area contributed by atoms with Gasteiger partial charge in [-0.2, -0.15) is 0 Å². The SMILES string of the molecule is O=C(OCc1ccccc1)C(C(=O)OCc1ccccc1)[C@H](Nc1nc2ccccc2s1)c1cc2ccccc2s1. The first-order valence-electron chi connectivity index (χ1n) is 13.2. The molecule has 0 saturated carbocycles. The van der Waals surface area contributed by atoms with Crippen LogP contribution in [0.3, 0.4) is 0 Å². The zero-order valence-electron chi connectivity index (χ0n) is 21.9. The average molecular weight is 579 g/mol. The van der Waals surface area contributed by atoms with E-state index < -0.39 is 23.9 Å². The number of hydrogen-bond donors (Lipinski definition) is 1. The van der Waals surface area contributed by atoms with Crippen molar-refractivity contribution in [2.45, 2.75) is 19.3 Å². The van der Waals surface area contributed by atoms with Gasteiger partial charge in [0.1, 0.15) is 13.2 Å². The van der Waals surface area contributed by atoms with Crippen molar-refractivity contribution in [3.05, 3.63) is 131 Å². The molecular formula is C33H26N2O4S2. The summed E-state index contributed by atoms with van der Waals surface area (Å²) >= 11 is 2.99. The van der Waals surface area contributed by atoms with Crippen molar-refractivity contribution in [1.82, 2.24) is 4.98 Å². The molecule has 0 bridgehead atoms. The number of rotatable bonds is 10. The maximum absolute atomic E-state index is 13.8. The quantitative estimate of drug-likeness (QED) is 0.132. The highest BCUT2D eigenvalue weighted by molar-refractivity contribution is 7.22. The van der Waals surface area contributed by atoms with E-state index in [0.29, 0.717) is 5.13 Å². The highest BCUT2D eigenvalue weighted by Crippen LogP contribution is 2.38. The number of thiazole rings is 1. The van der Waals surface area contributed by atoms with Crippen LogP contribution in [0, 0.1) is 5.92 Å². The van der Waals surface area contributed by atoms with E-state index in [2.05, 4.69) is 5.32 Å². The maximum Gasteiger partial charge on any atom is 0.323 e. The molecule has 2 heterocycles. The molecule has 4 aromatic carbocycles. The van der Waals surface area contributed by atoms with E-state index in [4.69, 9.17) is 14.5 Å². The molecule has 0 aliphatic rings. The van der Waals surface area contributed by atoms with Crippen LogP contribution in [0.15, 0.2) is 115 Å². The van der Waals surface area contributed by atoms with Crippen LogP contribution in [0.4, 0.5) is 5.13 Å². The summed E-state index contributed by atoms with van der Waals surface area (Å²) in [5.41, 5.74) is 2.49. The monoisotopic (exact) mass is 578 g/mol. The molecule has 0 saturated heterocycles. The minimum absolute atomic E-state index is 0.0441. The smallest absolute Gasteiger partial charge is 0.323 e. The normalized spacial score (nSPS) is 11.9. The number of aromatic nitrogens is 1. The van der Waals surface area contributed by atoms with Gasteiger partial charge in [-0.1, -0.05) is 102 Å². The number of benzene rings is 4. The molecule has 0 aliphatic carbocycles. The zero-order chi connectivity index (χ0) is 28.0. The molecule has 0 unspecified atom stereocenters. The van der Waals surface area contributed by atoms with Gasteiger partial charge in [0.05, 0.1) is 16.3 Å². The molecule has 6 nitrogen and oxygen atoms in total. The number of anilines is 1. The second-order valence-electron chi connectivity index (χ2n) is 9.46. The van der Waals surface area contributed by atoms with Crippen LogP contribution in [0.5, 0.6) is 0 Å². The summed E-state index contributed by atoms with van der Waals surface area (Å²) in [5, 5.41) is 5.05. The Hall–Kier alpha value is -4.53. The summed E-state index contributed by atoms with van der Waals surface area (Å²) in [7, 11) is 0. The fraction of sp³-hybridized carbons (Fsp3) is 0.121. The zero-order valence-corrected chi connectivity index (χ0v) is 23.6. The van der Waals surface area contributed by atoms with Crippen molar-refractivity contribution in [1.29, 1.82) is 0 Å². The second-order valence-corrected chi connectivity index (χ2v) is 11.6. The summed E-state index contributed by atoms with van der Waals surface area (Å²) in [4.78, 5) is 33.1. The first kappa shape index (κ1) is 26.7. The Balaban J connectivity index is 1.37. The predicted octanol–water partition coefficient (Wildman–Crippen LogP) is 7.77. The first-order valence-corrected chi connectivity index (χ1v) is 14.8. The Morgan fingerprint density at radius 3 is 1.85 bits per heavy atom. The third kappa shape index (κ3) is 6.29. The van der Waals surface area contributed by atoms with Crippen LogP contribution in [0.1, 0.15) is 22.0 Å². The molecule has 6 aromatic rings. The van der Waals surface area contributed by atoms with Gasteiger partial charge in [-0.3, -0.25) is 9.59 Å². The standard InChI is InChI=1S/C33H26N2O4S2/c36-31(38-20-22-11-3-1-4-12-22)29(32(37)39-21-23-13-5-2-6-14-23)30(28-19-24-15-7-9-17-26(24)40-28)35-33-34-25-16-8-10-18-27(25)41-33/h1-19,29-30H,20-21H2,(H,34,35)/t30-/m1/s1. The number of fused-ring (bicyclic) bond motifs is 2. The van der Waals surface area contributed by atoms with Crippen molar-refractivity contribution < 1.29 is 19.1 Å². The Labute approximate surface area is 245 Å². The molecule has 0 aliphatic heterocycles. The van der Waals surface area contributed by atoms with Crippen molar-refractivity contribution >= 4 is 60.0 Å². The molecule has 1 N–H and O–H groups in total. The van der Waals surface area contributed by atoms with Crippen LogP contribution in [0.25, 0.3) is 20.3 Å². The van der Waals surface area contributed by atoms with Crippen molar-refractivity contribution in [3.63, 3.8) is 0 Å². The van der Waals surface area contributed by atoms with Gasteiger partial charge in [-0.05, 0) is 40.8 Å². The van der Waals surface area contributed by atoms with E-state index in [1.54, 1.807) is 0 Å². The lowest BCUT2D eigenvalue weighted by atomic mass is 9.98. The van der Waals surface area contributed by atoms with E-state index >= 15 is 0 Å². The van der Waals surface area contributed by atoms with Gasteiger partial charge < -0.3 is 14.8 Å². The molecular weight excluding hydrogens is 553 g/mol. The third-order valence-corrected chi connectivity index (χ3v) is 8.78. The molecule has 0 amide bonds. The van der Waals surface area contributed by atoms with Crippen LogP contribution in [-0.4, -0.2) is 16.9 Å². The number of carbonyl (C=O) groups is 2. The van der Waals surface area contributed by atoms with Crippen LogP contribution in [0.2, 0.25) is 0 Å². The second kappa shape index (κ2) is 12.3. The molecule has 41 heavy (non-hydrogen) atoms. The minimum atomic E-state index is -1.28. The third-order valence-electron chi connectivity index (χ3n) is 6.61. The van der Waals surface area contributed by atoms with Crippen molar-refractivity contribution in [3.8, 4) is 0 Å². The number of para-hydroxylation sites is 1. The number of hydrogen-bond acceptors (Lipinski definition) is 8. The molecule has 204 valence electrons. The molecule has 6 rings (SSSR count). The summed E-state index contributed by atoms with van der Waals surface area (Å²) < 4.78 is 13.5. The van der Waals surface area contributed by atoms with Gasteiger partial charge >= 0.3 is 11.9 Å². The molecule has 8 heteroatoms. The number of esters is 2. The van der Waals surface area contributed by atoms with Gasteiger partial charge in [-0.15, -0.1) is 11.3 Å². The van der Waals surface area contributed by atoms with Gasteiger partial charge in [0.25, 0.3) is 0 Å². The minimum Gasteiger partial charge on any atom is -0.460 e. The molecule has 0 radical (unpaired) electrons. The van der Waals surface area contributed by atoms with Gasteiger partial charge in [0.15, 0.2) is 11.0 Å². The van der Waals surface area contributed by atoms with Crippen molar-refractivity contribution in [2.75, 3.05) is 5.32 Å². The van der Waals surface area contributed by atoms with Gasteiger partial charge in [0.2, 0.25) is 0 Å². The van der Waals surface area contributed by atoms with Gasteiger partial charge in [0, 0.05) is 9.58 Å². The maximum atomic E-state index is 13.8. The highest BCUT2D eigenvalue weighted by atomic mass is 32.1. The molecule has 0 fully saturated rings. The lowest BCUT2D eigenvalue weighted by Crippen LogP contribution is -2.36. The summed E-state index contributed by atoms with van der Waals surface area (Å²) in [5.74, 6) is -2.60. The highest BCUT2D eigenvalue weighted by Gasteiger charge is 2.40. The van der Waals surface area contributed by atoms with Crippen molar-refractivity contribution in [2.24, 2.45) is 5.92 Å².